The van der Waals surface area contributed by atoms with E-state index < -0.39 is 24.1 Å². The van der Waals surface area contributed by atoms with Crippen molar-refractivity contribution in [3.63, 3.8) is 0 Å². The molecule has 0 rings (SSSR count). The first-order valence-electron chi connectivity index (χ1n) is 16.2. The number of nitrogens with zero attached hydrogens (tertiary/aromatic N) is 1. The van der Waals surface area contributed by atoms with E-state index in [0.717, 1.165) is 19.3 Å². The van der Waals surface area contributed by atoms with Gasteiger partial charge in [0, 0.05) is 19.8 Å². The highest BCUT2D eigenvalue weighted by Gasteiger charge is 2.31. The Hall–Kier alpha value is -1.93. The summed E-state index contributed by atoms with van der Waals surface area (Å²) >= 11 is 0. The Labute approximate surface area is 250 Å². The fourth-order valence-corrected chi connectivity index (χ4v) is 4.69. The summed E-state index contributed by atoms with van der Waals surface area (Å²) in [4.78, 5) is 35.0. The minimum absolute atomic E-state index is 0.0524. The number of hydrogen-bond donors (Lipinski definition) is 1. The Kier molecular flexibility index (Phi) is 24.5. The standard InChI is InChI=1S/C33H61NO7/c1-6-7-8-9-10-11-12-13-14-15-16-17-18-19-20-21-22-23-24-32(36)41-30(28-40-29(2)35)27-39-26-25-31(33(37)38)34(3,4)5/h14-15,30-31H,6-13,16-28H2,1-5H3/p+1/b15-14-. The highest BCUT2D eigenvalue weighted by molar-refractivity contribution is 5.72. The predicted octanol–water partition coefficient (Wildman–Crippen LogP) is 7.24. The molecule has 1 N–H and O–H groups in total. The number of hydrogen-bond acceptors (Lipinski definition) is 6. The van der Waals surface area contributed by atoms with Crippen LogP contribution < -0.4 is 0 Å². The van der Waals surface area contributed by atoms with Gasteiger partial charge in [-0.1, -0.05) is 89.7 Å². The molecule has 0 spiro atoms. The molecule has 2 unspecified atom stereocenters. The Morgan fingerprint density at radius 3 is 1.76 bits per heavy atom. The summed E-state index contributed by atoms with van der Waals surface area (Å²) in [6.07, 6.45) is 24.4. The number of allylic oxidation sites excluding steroid dienone is 2. The number of esters is 2. The van der Waals surface area contributed by atoms with Crippen LogP contribution in [0.15, 0.2) is 12.2 Å². The highest BCUT2D eigenvalue weighted by Crippen LogP contribution is 2.13. The third-order valence-electron chi connectivity index (χ3n) is 7.22. The SMILES string of the molecule is CCCCCCCCC/C=C\CCCCCCCCCC(=O)OC(COCCC(C(=O)O)[N+](C)(C)C)COC(C)=O. The number of aliphatic carboxylic acids is 1. The van der Waals surface area contributed by atoms with E-state index in [1.165, 1.54) is 90.4 Å². The van der Waals surface area contributed by atoms with E-state index in [9.17, 15) is 19.5 Å². The van der Waals surface area contributed by atoms with Crippen LogP contribution in [0.1, 0.15) is 129 Å². The molecule has 0 aromatic rings. The smallest absolute Gasteiger partial charge is 0.362 e. The molecule has 0 bridgehead atoms. The second kappa shape index (κ2) is 25.8. The second-order valence-electron chi connectivity index (χ2n) is 12.1. The minimum Gasteiger partial charge on any atom is -0.477 e. The van der Waals surface area contributed by atoms with Gasteiger partial charge in [-0.25, -0.2) is 4.79 Å². The fraction of sp³-hybridized carbons (Fsp3) is 0.848. The van der Waals surface area contributed by atoms with Crippen LogP contribution in [0, 0.1) is 0 Å². The second-order valence-corrected chi connectivity index (χ2v) is 12.1. The van der Waals surface area contributed by atoms with E-state index >= 15 is 0 Å². The van der Waals surface area contributed by atoms with Gasteiger partial charge in [0.25, 0.3) is 0 Å². The zero-order chi connectivity index (χ0) is 30.8. The molecule has 8 heteroatoms. The van der Waals surface area contributed by atoms with Gasteiger partial charge in [-0.2, -0.15) is 0 Å². The van der Waals surface area contributed by atoms with E-state index in [0.29, 0.717) is 12.8 Å². The summed E-state index contributed by atoms with van der Waals surface area (Å²) in [7, 11) is 5.46. The molecule has 0 fully saturated rings. The first kappa shape index (κ1) is 39.1. The monoisotopic (exact) mass is 584 g/mol. The number of carboxylic acids is 1. The number of rotatable bonds is 28. The minimum atomic E-state index is -0.884. The summed E-state index contributed by atoms with van der Waals surface area (Å²) < 4.78 is 16.4. The van der Waals surface area contributed by atoms with E-state index in [4.69, 9.17) is 14.2 Å². The van der Waals surface area contributed by atoms with Crippen molar-refractivity contribution < 1.29 is 38.2 Å². The molecule has 0 aliphatic rings. The maximum atomic E-state index is 12.3. The van der Waals surface area contributed by atoms with Crippen molar-refractivity contribution in [2.75, 3.05) is 41.0 Å². The van der Waals surface area contributed by atoms with Crippen LogP contribution >= 0.6 is 0 Å². The number of unbranched alkanes of at least 4 members (excludes halogenated alkanes) is 14. The Morgan fingerprint density at radius 1 is 0.756 bits per heavy atom. The van der Waals surface area contributed by atoms with Crippen molar-refractivity contribution in [1.82, 2.24) is 0 Å². The van der Waals surface area contributed by atoms with Gasteiger partial charge in [0.05, 0.1) is 34.4 Å². The molecule has 240 valence electrons. The molecule has 8 nitrogen and oxygen atoms in total. The molecule has 0 aromatic heterocycles. The maximum absolute atomic E-state index is 12.3. The summed E-state index contributed by atoms with van der Waals surface area (Å²) in [6, 6.07) is -0.606. The molecule has 0 saturated carbocycles. The maximum Gasteiger partial charge on any atom is 0.362 e. The van der Waals surface area contributed by atoms with Crippen LogP contribution in [0.25, 0.3) is 0 Å². The summed E-state index contributed by atoms with van der Waals surface area (Å²) in [5, 5.41) is 9.43. The van der Waals surface area contributed by atoms with Gasteiger partial charge < -0.3 is 23.8 Å². The lowest BCUT2D eigenvalue weighted by Gasteiger charge is -2.31. The quantitative estimate of drug-likeness (QED) is 0.0448. The molecule has 0 radical (unpaired) electrons. The molecule has 0 amide bonds. The first-order valence-corrected chi connectivity index (χ1v) is 16.2. The Bertz CT molecular complexity index is 702. The average molecular weight is 585 g/mol. The van der Waals surface area contributed by atoms with Gasteiger partial charge in [-0.15, -0.1) is 0 Å². The number of quaternary nitrogens is 1. The van der Waals surface area contributed by atoms with Crippen LogP contribution in [0.5, 0.6) is 0 Å². The predicted molar refractivity (Wildman–Crippen MR) is 165 cm³/mol. The zero-order valence-electron chi connectivity index (χ0n) is 27.0. The molecule has 2 atom stereocenters. The van der Waals surface area contributed by atoms with Crippen molar-refractivity contribution in [2.24, 2.45) is 0 Å². The van der Waals surface area contributed by atoms with Gasteiger partial charge >= 0.3 is 17.9 Å². The van der Waals surface area contributed by atoms with E-state index in [2.05, 4.69) is 19.1 Å². The molecule has 0 saturated heterocycles. The number of carboxylic acid groups (broad SMARTS) is 1. The number of likely N-dealkylation sites (N-methyl/N-ethyl adjacent to an activating group) is 1. The van der Waals surface area contributed by atoms with Crippen LogP contribution in [0.2, 0.25) is 0 Å². The van der Waals surface area contributed by atoms with Crippen LogP contribution in [-0.2, 0) is 28.6 Å². The third kappa shape index (κ3) is 25.5. The molecule has 0 heterocycles. The van der Waals surface area contributed by atoms with Gasteiger partial charge in [0.2, 0.25) is 0 Å². The van der Waals surface area contributed by atoms with Crippen molar-refractivity contribution in [3.8, 4) is 0 Å². The number of ether oxygens (including phenoxy) is 3. The molecule has 0 aliphatic carbocycles. The van der Waals surface area contributed by atoms with Gasteiger partial charge in [0.15, 0.2) is 12.1 Å². The van der Waals surface area contributed by atoms with E-state index in [1.807, 2.05) is 21.1 Å². The van der Waals surface area contributed by atoms with Crippen LogP contribution in [0.4, 0.5) is 0 Å². The third-order valence-corrected chi connectivity index (χ3v) is 7.22. The summed E-state index contributed by atoms with van der Waals surface area (Å²) in [6.45, 7) is 3.74. The number of carbonyl (C=O) groups excluding carboxylic acids is 2. The Morgan fingerprint density at radius 2 is 1.27 bits per heavy atom. The lowest BCUT2D eigenvalue weighted by molar-refractivity contribution is -0.887. The van der Waals surface area contributed by atoms with Crippen molar-refractivity contribution >= 4 is 17.9 Å². The largest absolute Gasteiger partial charge is 0.477 e. The first-order chi connectivity index (χ1) is 19.6. The molecular formula is C33H62NO7+. The molecular weight excluding hydrogens is 522 g/mol. The lowest BCUT2D eigenvalue weighted by atomic mass is 10.1. The van der Waals surface area contributed by atoms with E-state index in [-0.39, 0.29) is 30.3 Å². The van der Waals surface area contributed by atoms with Crippen LogP contribution in [0.3, 0.4) is 0 Å². The van der Waals surface area contributed by atoms with Gasteiger partial charge in [-0.05, 0) is 32.1 Å². The van der Waals surface area contributed by atoms with E-state index in [1.54, 1.807) is 0 Å². The lowest BCUT2D eigenvalue weighted by Crippen LogP contribution is -2.50. The topological polar surface area (TPSA) is 99.1 Å². The molecule has 0 aromatic carbocycles. The van der Waals surface area contributed by atoms with Crippen molar-refractivity contribution in [3.05, 3.63) is 12.2 Å². The summed E-state index contributed by atoms with van der Waals surface area (Å²) in [5.41, 5.74) is 0. The highest BCUT2D eigenvalue weighted by atomic mass is 16.6. The summed E-state index contributed by atoms with van der Waals surface area (Å²) in [5.74, 6) is -1.67. The van der Waals surface area contributed by atoms with Crippen molar-refractivity contribution in [2.45, 2.75) is 142 Å². The Balaban J connectivity index is 3.92. The number of carbonyl (C=O) groups is 3. The van der Waals surface area contributed by atoms with Gasteiger partial charge in [-0.3, -0.25) is 9.59 Å². The molecule has 0 aliphatic heterocycles. The fourth-order valence-electron chi connectivity index (χ4n) is 4.69. The van der Waals surface area contributed by atoms with Gasteiger partial charge in [0.1, 0.15) is 6.61 Å². The van der Waals surface area contributed by atoms with Crippen LogP contribution in [-0.4, -0.2) is 80.6 Å². The normalized spacial score (nSPS) is 13.3. The molecule has 41 heavy (non-hydrogen) atoms. The average Bonchev–Trinajstić information content (AvgIpc) is 2.89. The van der Waals surface area contributed by atoms with Crippen molar-refractivity contribution in [1.29, 1.82) is 0 Å². The zero-order valence-corrected chi connectivity index (χ0v) is 27.0.